The zero-order valence-electron chi connectivity index (χ0n) is 43.0. The van der Waals surface area contributed by atoms with Crippen LogP contribution in [0.2, 0.25) is 0 Å². The van der Waals surface area contributed by atoms with E-state index in [1.165, 1.54) is 12.1 Å². The van der Waals surface area contributed by atoms with Crippen LogP contribution < -0.4 is 14.2 Å². The molecule has 0 amide bonds. The highest BCUT2D eigenvalue weighted by molar-refractivity contribution is 5.92. The quantitative estimate of drug-likeness (QED) is 0.0548. The van der Waals surface area contributed by atoms with E-state index in [4.69, 9.17) is 23.7 Å². The molecule has 0 radical (unpaired) electrons. The Bertz CT molecular complexity index is 4060. The number of rotatable bonds is 9. The van der Waals surface area contributed by atoms with Gasteiger partial charge in [-0.15, -0.1) is 0 Å². The number of carbonyl (C=O) groups excluding carboxylic acids is 2. The van der Waals surface area contributed by atoms with Gasteiger partial charge in [0.2, 0.25) is 0 Å². The van der Waals surface area contributed by atoms with Gasteiger partial charge >= 0.3 is 11.9 Å². The van der Waals surface area contributed by atoms with Crippen molar-refractivity contribution in [2.45, 2.75) is 54.9 Å². The molecule has 3 heterocycles. The van der Waals surface area contributed by atoms with Gasteiger partial charge < -0.3 is 121 Å². The molecule has 0 bridgehead atoms. The molecule has 0 unspecified atom stereocenters. The third-order valence-electron chi connectivity index (χ3n) is 14.9. The van der Waals surface area contributed by atoms with Gasteiger partial charge in [-0.2, -0.15) is 0 Å². The number of hydrogen-bond donors (Lipinski definition) is 19. The van der Waals surface area contributed by atoms with E-state index in [0.717, 1.165) is 60.7 Å². The summed E-state index contributed by atoms with van der Waals surface area (Å²) in [5.74, 6) is -24.3. The molecular weight excluding hydrogens is 1120 g/mol. The smallest absolute Gasteiger partial charge is 0.338 e. The lowest BCUT2D eigenvalue weighted by molar-refractivity contribution is -0.0339. The summed E-state index contributed by atoms with van der Waals surface area (Å²) in [5.41, 5.74) is -4.30. The molecule has 0 saturated carbocycles. The van der Waals surface area contributed by atoms with Gasteiger partial charge in [-0.25, -0.2) is 9.59 Å². The minimum absolute atomic E-state index is 0.00381. The van der Waals surface area contributed by atoms with Crippen LogP contribution in [0.1, 0.15) is 95.4 Å². The summed E-state index contributed by atoms with van der Waals surface area (Å²) < 4.78 is 32.1. The molecule has 0 saturated heterocycles. The van der Waals surface area contributed by atoms with Crippen molar-refractivity contribution in [3.63, 3.8) is 0 Å². The summed E-state index contributed by atoms with van der Waals surface area (Å²) in [6.45, 7) is 0. The number of phenolic OH excluding ortho intramolecular Hbond substituents is 18. The van der Waals surface area contributed by atoms with E-state index in [2.05, 4.69) is 0 Å². The molecular formula is C59H46O26. The number of benzene rings is 8. The molecule has 0 aliphatic carbocycles. The zero-order valence-corrected chi connectivity index (χ0v) is 43.0. The predicted molar refractivity (Wildman–Crippen MR) is 283 cm³/mol. The SMILES string of the molecule is O=C(O[C@@H]1[C@@H](c2c(O)cc(O)c3c2O[C@@H](c2ccc(O)c(O)c2)[C@@H](OC(=O)c2cc(O)c(O)c(O)c2)[C@H]3c2c(O)cc(O)c3c2O[C@@H](c2ccc(O)c(O)c2)[C@@H](O)C3)c2c(O)cc(O)cc2O[C@@H]1c1ccc(O)c(O)c1)c1cc(O)c(O)c(O)c1. The number of ether oxygens (including phenoxy) is 5. The van der Waals surface area contributed by atoms with E-state index in [1.807, 2.05) is 0 Å². The van der Waals surface area contributed by atoms with Crippen LogP contribution in [0, 0.1) is 0 Å². The Morgan fingerprint density at radius 1 is 0.365 bits per heavy atom. The number of aromatic hydroxyl groups is 18. The van der Waals surface area contributed by atoms with Crippen LogP contribution in [-0.2, 0) is 15.9 Å². The fraction of sp³-hybridized carbons (Fsp3) is 0.153. The maximum absolute atomic E-state index is 14.7. The lowest BCUT2D eigenvalue weighted by Gasteiger charge is -2.44. The van der Waals surface area contributed by atoms with Crippen molar-refractivity contribution in [3.8, 4) is 121 Å². The molecule has 0 fully saturated rings. The minimum Gasteiger partial charge on any atom is -0.508 e. The average Bonchev–Trinajstić information content (AvgIpc) is 0.793. The van der Waals surface area contributed by atoms with Crippen molar-refractivity contribution in [2.24, 2.45) is 0 Å². The molecule has 26 nitrogen and oxygen atoms in total. The van der Waals surface area contributed by atoms with Gasteiger partial charge in [-0.3, -0.25) is 0 Å². The second-order valence-corrected chi connectivity index (χ2v) is 20.1. The summed E-state index contributed by atoms with van der Waals surface area (Å²) in [6, 6.07) is 15.5. The topological polar surface area (TPSA) is 465 Å². The van der Waals surface area contributed by atoms with Gasteiger partial charge in [0, 0.05) is 69.6 Å². The van der Waals surface area contributed by atoms with E-state index < -0.39 is 221 Å². The van der Waals surface area contributed by atoms with Crippen molar-refractivity contribution >= 4 is 11.9 Å². The van der Waals surface area contributed by atoms with Crippen LogP contribution in [0.5, 0.6) is 121 Å². The fourth-order valence-corrected chi connectivity index (χ4v) is 11.0. The number of aliphatic hydroxyl groups excluding tert-OH is 1. The number of carbonyl (C=O) groups is 2. The highest BCUT2D eigenvalue weighted by Gasteiger charge is 2.54. The van der Waals surface area contributed by atoms with E-state index in [-0.39, 0.29) is 22.3 Å². The van der Waals surface area contributed by atoms with E-state index >= 15 is 0 Å². The first-order valence-corrected chi connectivity index (χ1v) is 25.2. The van der Waals surface area contributed by atoms with Gasteiger partial charge in [-0.05, 0) is 66.2 Å². The largest absolute Gasteiger partial charge is 0.508 e. The molecule has 3 aliphatic rings. The maximum Gasteiger partial charge on any atom is 0.338 e. The van der Waals surface area contributed by atoms with E-state index in [0.29, 0.717) is 30.3 Å². The van der Waals surface area contributed by atoms with Gasteiger partial charge in [0.05, 0.1) is 29.1 Å². The second kappa shape index (κ2) is 20.5. The standard InChI is InChI=1S/C59H46O26/c60-24-14-33(68)43-42(15-24)81-52(20-2-5-27(62)31(66)8-20)56(84-58(79)22-10-37(72)49(77)38(73)11-22)47(43)45-35(70)18-36(71)46-48(44-34(69)17-29(64)25-16-41(76)51(82-54(25)44)19-1-4-26(61)30(65)7-19)57(85-59(80)23-12-39(74)50(78)40(75)13-23)53(83-55(45)46)21-3-6-28(63)32(67)9-21/h1-15,17-18,41,47-48,51-53,56-57,60-78H,16H2/t41-,47+,48-,51-,52+,53-,56+,57-/m0/s1. The first-order valence-electron chi connectivity index (χ1n) is 25.2. The van der Waals surface area contributed by atoms with Gasteiger partial charge in [0.25, 0.3) is 0 Å². The van der Waals surface area contributed by atoms with Gasteiger partial charge in [-0.1, -0.05) is 18.2 Å². The van der Waals surface area contributed by atoms with Crippen LogP contribution in [0.4, 0.5) is 0 Å². The Balaban J connectivity index is 1.24. The van der Waals surface area contributed by atoms with Crippen LogP contribution in [0.15, 0.2) is 103 Å². The minimum atomic E-state index is -2.15. The Morgan fingerprint density at radius 2 is 0.741 bits per heavy atom. The highest BCUT2D eigenvalue weighted by Crippen LogP contribution is 2.63. The molecule has 0 spiro atoms. The molecule has 438 valence electrons. The third kappa shape index (κ3) is 9.42. The average molecular weight is 1170 g/mol. The zero-order chi connectivity index (χ0) is 60.9. The number of aliphatic hydroxyl groups is 1. The van der Waals surface area contributed by atoms with Crippen LogP contribution >= 0.6 is 0 Å². The Kier molecular flexibility index (Phi) is 13.3. The molecule has 3 aliphatic heterocycles. The van der Waals surface area contributed by atoms with Crippen molar-refractivity contribution in [1.82, 2.24) is 0 Å². The molecule has 19 N–H and O–H groups in total. The predicted octanol–water partition coefficient (Wildman–Crippen LogP) is 6.41. The second-order valence-electron chi connectivity index (χ2n) is 20.1. The fourth-order valence-electron chi connectivity index (χ4n) is 11.0. The molecule has 11 rings (SSSR count). The Morgan fingerprint density at radius 3 is 1.19 bits per heavy atom. The first kappa shape index (κ1) is 55.4. The molecule has 26 heteroatoms. The normalized spacial score (nSPS) is 20.3. The monoisotopic (exact) mass is 1170 g/mol. The van der Waals surface area contributed by atoms with Crippen LogP contribution in [0.25, 0.3) is 0 Å². The lowest BCUT2D eigenvalue weighted by atomic mass is 9.73. The highest BCUT2D eigenvalue weighted by atomic mass is 16.6. The van der Waals surface area contributed by atoms with Crippen molar-refractivity contribution in [3.05, 3.63) is 159 Å². The summed E-state index contributed by atoms with van der Waals surface area (Å²) in [4.78, 5) is 29.3. The molecule has 8 aromatic carbocycles. The van der Waals surface area contributed by atoms with E-state index in [9.17, 15) is 107 Å². The first-order chi connectivity index (χ1) is 40.3. The van der Waals surface area contributed by atoms with Gasteiger partial charge in [0.15, 0.2) is 93.4 Å². The number of esters is 2. The maximum atomic E-state index is 14.7. The molecule has 8 aromatic rings. The summed E-state index contributed by atoms with van der Waals surface area (Å²) in [6.07, 6.45) is -11.8. The number of fused-ring (bicyclic) bond motifs is 3. The van der Waals surface area contributed by atoms with E-state index in [1.54, 1.807) is 0 Å². The Labute approximate surface area is 475 Å². The number of hydrogen-bond acceptors (Lipinski definition) is 26. The molecule has 85 heavy (non-hydrogen) atoms. The van der Waals surface area contributed by atoms with Gasteiger partial charge in [0.1, 0.15) is 57.8 Å². The number of phenols is 18. The van der Waals surface area contributed by atoms with Crippen LogP contribution in [0.3, 0.4) is 0 Å². The lowest BCUT2D eigenvalue weighted by Crippen LogP contribution is -2.42. The Hall–Kier alpha value is -11.5. The summed E-state index contributed by atoms with van der Waals surface area (Å²) in [5, 5.41) is 210. The summed E-state index contributed by atoms with van der Waals surface area (Å²) >= 11 is 0. The van der Waals surface area contributed by atoms with Crippen LogP contribution in [-0.4, -0.2) is 127 Å². The third-order valence-corrected chi connectivity index (χ3v) is 14.9. The molecule has 0 aromatic heterocycles. The summed E-state index contributed by atoms with van der Waals surface area (Å²) in [7, 11) is 0. The van der Waals surface area contributed by atoms with Crippen molar-refractivity contribution in [1.29, 1.82) is 0 Å². The molecule has 8 atom stereocenters. The van der Waals surface area contributed by atoms with Crippen molar-refractivity contribution in [2.75, 3.05) is 0 Å². The van der Waals surface area contributed by atoms with Crippen molar-refractivity contribution < 1.29 is 130 Å².